The third kappa shape index (κ3) is 2.53. The van der Waals surface area contributed by atoms with E-state index in [1.807, 2.05) is 18.2 Å². The lowest BCUT2D eigenvalue weighted by Crippen LogP contribution is -2.43. The topological polar surface area (TPSA) is 71.5 Å². The highest BCUT2D eigenvalue weighted by Crippen LogP contribution is 2.41. The highest BCUT2D eigenvalue weighted by molar-refractivity contribution is 7.22. The fourth-order valence-electron chi connectivity index (χ4n) is 3.60. The zero-order valence-corrected chi connectivity index (χ0v) is 14.3. The molecule has 1 unspecified atom stereocenters. The van der Waals surface area contributed by atoms with E-state index in [4.69, 9.17) is 9.72 Å². The molecule has 24 heavy (non-hydrogen) atoms. The summed E-state index contributed by atoms with van der Waals surface area (Å²) in [6, 6.07) is 5.87. The average molecular weight is 345 g/mol. The smallest absolute Gasteiger partial charge is 0.234 e. The Labute approximate surface area is 143 Å². The Morgan fingerprint density at radius 2 is 2.21 bits per heavy atom. The van der Waals surface area contributed by atoms with Crippen molar-refractivity contribution in [1.82, 2.24) is 10.3 Å². The molecular formula is C17H19N3O3S. The van der Waals surface area contributed by atoms with Crippen molar-refractivity contribution in [3.05, 3.63) is 18.2 Å². The normalized spacial score (nSPS) is 24.5. The van der Waals surface area contributed by atoms with Gasteiger partial charge in [-0.3, -0.25) is 14.9 Å². The van der Waals surface area contributed by atoms with Crippen LogP contribution in [0.15, 0.2) is 18.2 Å². The number of hydrogen-bond acceptors (Lipinski definition) is 6. The Morgan fingerprint density at radius 3 is 3.04 bits per heavy atom. The SMILES string of the molecule is COc1ccc2sc(N3CCC4(CCCC(=O)NC4=O)C3)nc2c1. The van der Waals surface area contributed by atoms with E-state index >= 15 is 0 Å². The maximum Gasteiger partial charge on any atom is 0.234 e. The molecule has 4 rings (SSSR count). The van der Waals surface area contributed by atoms with Crippen molar-refractivity contribution >= 4 is 38.5 Å². The molecule has 3 heterocycles. The molecule has 0 saturated carbocycles. The Hall–Kier alpha value is -2.15. The van der Waals surface area contributed by atoms with Crippen molar-refractivity contribution in [3.8, 4) is 5.75 Å². The van der Waals surface area contributed by atoms with Gasteiger partial charge in [0.25, 0.3) is 0 Å². The predicted octanol–water partition coefficient (Wildman–Crippen LogP) is 2.33. The van der Waals surface area contributed by atoms with Gasteiger partial charge in [-0.25, -0.2) is 4.98 Å². The second-order valence-corrected chi connectivity index (χ2v) is 7.52. The Bertz CT molecular complexity index is 819. The van der Waals surface area contributed by atoms with Crippen molar-refractivity contribution in [2.24, 2.45) is 5.41 Å². The molecule has 2 aliphatic heterocycles. The number of amides is 2. The Kier molecular flexibility index (Phi) is 3.68. The average Bonchev–Trinajstić information content (AvgIpc) is 3.15. The van der Waals surface area contributed by atoms with Crippen LogP contribution in [0.1, 0.15) is 25.7 Å². The molecule has 0 aliphatic carbocycles. The minimum atomic E-state index is -0.457. The van der Waals surface area contributed by atoms with Gasteiger partial charge in [-0.15, -0.1) is 0 Å². The zero-order valence-electron chi connectivity index (χ0n) is 13.5. The van der Waals surface area contributed by atoms with Crippen molar-refractivity contribution in [2.45, 2.75) is 25.7 Å². The van der Waals surface area contributed by atoms with Crippen molar-refractivity contribution in [3.63, 3.8) is 0 Å². The number of anilines is 1. The number of aromatic nitrogens is 1. The van der Waals surface area contributed by atoms with E-state index in [0.29, 0.717) is 13.0 Å². The number of nitrogens with zero attached hydrogens (tertiary/aromatic N) is 2. The van der Waals surface area contributed by atoms with Crippen LogP contribution in [0.3, 0.4) is 0 Å². The number of carbonyl (C=O) groups excluding carboxylic acids is 2. The van der Waals surface area contributed by atoms with Crippen LogP contribution in [0.2, 0.25) is 0 Å². The molecule has 2 fully saturated rings. The lowest BCUT2D eigenvalue weighted by atomic mass is 9.82. The summed E-state index contributed by atoms with van der Waals surface area (Å²) in [6.07, 6.45) is 2.74. The van der Waals surface area contributed by atoms with E-state index in [9.17, 15) is 9.59 Å². The van der Waals surface area contributed by atoms with Crippen LogP contribution in [0.25, 0.3) is 10.2 Å². The number of benzene rings is 1. The van der Waals surface area contributed by atoms with Gasteiger partial charge in [0.05, 0.1) is 22.7 Å². The van der Waals surface area contributed by atoms with E-state index in [-0.39, 0.29) is 11.8 Å². The highest BCUT2D eigenvalue weighted by Gasteiger charge is 2.46. The number of fused-ring (bicyclic) bond motifs is 1. The first-order chi connectivity index (χ1) is 11.6. The van der Waals surface area contributed by atoms with E-state index < -0.39 is 5.41 Å². The van der Waals surface area contributed by atoms with E-state index in [1.54, 1.807) is 18.4 Å². The number of methoxy groups -OCH3 is 1. The monoisotopic (exact) mass is 345 g/mol. The molecule has 6 nitrogen and oxygen atoms in total. The Morgan fingerprint density at radius 1 is 1.33 bits per heavy atom. The first kappa shape index (κ1) is 15.4. The molecule has 1 aromatic heterocycles. The standard InChI is InChI=1S/C17H19N3O3S/c1-23-11-4-5-13-12(9-11)18-16(24-13)20-8-7-17(10-20)6-2-3-14(21)19-15(17)22/h4-5,9H,2-3,6-8,10H2,1H3,(H,19,21,22). The van der Waals surface area contributed by atoms with Gasteiger partial charge >= 0.3 is 0 Å². The lowest BCUT2D eigenvalue weighted by molar-refractivity contribution is -0.134. The van der Waals surface area contributed by atoms with Crippen LogP contribution in [0.5, 0.6) is 5.75 Å². The first-order valence-electron chi connectivity index (χ1n) is 8.13. The summed E-state index contributed by atoms with van der Waals surface area (Å²) in [5, 5.41) is 3.48. The number of hydrogen-bond donors (Lipinski definition) is 1. The molecule has 1 spiro atoms. The molecule has 2 aliphatic rings. The second kappa shape index (κ2) is 5.73. The Balaban J connectivity index is 1.60. The van der Waals surface area contributed by atoms with Crippen LogP contribution in [-0.4, -0.2) is 37.0 Å². The minimum absolute atomic E-state index is 0.115. The largest absolute Gasteiger partial charge is 0.497 e. The van der Waals surface area contributed by atoms with Crippen molar-refractivity contribution in [1.29, 1.82) is 0 Å². The molecule has 126 valence electrons. The van der Waals surface area contributed by atoms with Gasteiger partial charge in [-0.05, 0) is 31.4 Å². The van der Waals surface area contributed by atoms with Crippen LogP contribution in [0, 0.1) is 5.41 Å². The van der Waals surface area contributed by atoms with Gasteiger partial charge in [0, 0.05) is 25.6 Å². The van der Waals surface area contributed by atoms with Gasteiger partial charge in [-0.1, -0.05) is 11.3 Å². The maximum absolute atomic E-state index is 12.5. The number of carbonyl (C=O) groups is 2. The number of thiazole rings is 1. The number of ether oxygens (including phenoxy) is 1. The van der Waals surface area contributed by atoms with Gasteiger partial charge in [0.2, 0.25) is 11.8 Å². The zero-order chi connectivity index (χ0) is 16.7. The van der Waals surface area contributed by atoms with Crippen LogP contribution < -0.4 is 15.0 Å². The summed E-state index contributed by atoms with van der Waals surface area (Å²) in [5.74, 6) is 0.525. The van der Waals surface area contributed by atoms with E-state index in [1.165, 1.54) is 0 Å². The summed E-state index contributed by atoms with van der Waals surface area (Å²) in [5.41, 5.74) is 0.456. The second-order valence-electron chi connectivity index (χ2n) is 6.51. The first-order valence-corrected chi connectivity index (χ1v) is 8.95. The summed E-state index contributed by atoms with van der Waals surface area (Å²) in [4.78, 5) is 31.0. The maximum atomic E-state index is 12.5. The lowest BCUT2D eigenvalue weighted by Gasteiger charge is -2.25. The molecule has 2 saturated heterocycles. The molecule has 0 bridgehead atoms. The molecule has 1 N–H and O–H groups in total. The number of rotatable bonds is 2. The predicted molar refractivity (Wildman–Crippen MR) is 92.4 cm³/mol. The molecule has 1 aromatic carbocycles. The van der Waals surface area contributed by atoms with Gasteiger partial charge < -0.3 is 9.64 Å². The van der Waals surface area contributed by atoms with Gasteiger partial charge in [-0.2, -0.15) is 0 Å². The molecule has 2 aromatic rings. The molecule has 7 heteroatoms. The van der Waals surface area contributed by atoms with Crippen LogP contribution in [0.4, 0.5) is 5.13 Å². The summed E-state index contributed by atoms with van der Waals surface area (Å²) in [7, 11) is 1.64. The van der Waals surface area contributed by atoms with Gasteiger partial charge in [0.1, 0.15) is 5.75 Å². The summed E-state index contributed by atoms with van der Waals surface area (Å²) in [6.45, 7) is 1.42. The third-order valence-corrected chi connectivity index (χ3v) is 6.10. The van der Waals surface area contributed by atoms with E-state index in [2.05, 4.69) is 10.2 Å². The van der Waals surface area contributed by atoms with Crippen LogP contribution in [-0.2, 0) is 9.59 Å². The summed E-state index contributed by atoms with van der Waals surface area (Å²) < 4.78 is 6.36. The number of imide groups is 1. The minimum Gasteiger partial charge on any atom is -0.497 e. The van der Waals surface area contributed by atoms with Gasteiger partial charge in [0.15, 0.2) is 5.13 Å². The van der Waals surface area contributed by atoms with E-state index in [0.717, 1.165) is 46.9 Å². The fraction of sp³-hybridized carbons (Fsp3) is 0.471. The molecule has 0 radical (unpaired) electrons. The number of nitrogens with one attached hydrogen (secondary N) is 1. The van der Waals surface area contributed by atoms with Crippen molar-refractivity contribution < 1.29 is 14.3 Å². The summed E-state index contributed by atoms with van der Waals surface area (Å²) >= 11 is 1.63. The fourth-order valence-corrected chi connectivity index (χ4v) is 4.58. The third-order valence-electron chi connectivity index (χ3n) is 5.00. The molecule has 2 amide bonds. The molecule has 1 atom stereocenters. The molecular weight excluding hydrogens is 326 g/mol. The van der Waals surface area contributed by atoms with Crippen LogP contribution >= 0.6 is 11.3 Å². The quantitative estimate of drug-likeness (QED) is 0.846. The van der Waals surface area contributed by atoms with Crippen molar-refractivity contribution in [2.75, 3.05) is 25.1 Å². The highest BCUT2D eigenvalue weighted by atomic mass is 32.1.